The number of unbranched alkanes of at least 4 members (excludes halogenated alkanes) is 7. The average molecular weight is 296 g/mol. The number of halogens is 1. The Morgan fingerprint density at radius 1 is 1.05 bits per heavy atom. The number of hydrogen-bond donors (Lipinski definition) is 1. The minimum Gasteiger partial charge on any atom is -0.491 e. The monoisotopic (exact) mass is 296 g/mol. The van der Waals surface area contributed by atoms with Gasteiger partial charge in [0.2, 0.25) is 0 Å². The molecule has 0 unspecified atom stereocenters. The SMILES string of the molecule is CCCCCCCCCCOc1ccc([C@H](C)O)cc1F. The summed E-state index contributed by atoms with van der Waals surface area (Å²) in [6.07, 6.45) is 9.26. The van der Waals surface area contributed by atoms with Crippen molar-refractivity contribution in [2.45, 2.75) is 71.3 Å². The van der Waals surface area contributed by atoms with Crippen molar-refractivity contribution in [3.05, 3.63) is 29.6 Å². The molecular formula is C18H29FO2. The van der Waals surface area contributed by atoms with Crippen LogP contribution < -0.4 is 4.74 Å². The molecule has 0 saturated carbocycles. The fourth-order valence-corrected chi connectivity index (χ4v) is 2.31. The second-order valence-electron chi connectivity index (χ2n) is 5.69. The van der Waals surface area contributed by atoms with Crippen LogP contribution in [0.1, 0.15) is 76.9 Å². The molecule has 0 fully saturated rings. The van der Waals surface area contributed by atoms with Gasteiger partial charge in [0.1, 0.15) is 0 Å². The maximum absolute atomic E-state index is 13.7. The van der Waals surface area contributed by atoms with Gasteiger partial charge in [-0.25, -0.2) is 4.39 Å². The normalized spacial score (nSPS) is 12.4. The molecule has 0 saturated heterocycles. The summed E-state index contributed by atoms with van der Waals surface area (Å²) >= 11 is 0. The van der Waals surface area contributed by atoms with Gasteiger partial charge in [0, 0.05) is 0 Å². The molecule has 0 aromatic heterocycles. The molecule has 1 N–H and O–H groups in total. The first-order chi connectivity index (χ1) is 10.1. The topological polar surface area (TPSA) is 29.5 Å². The van der Waals surface area contributed by atoms with Crippen LogP contribution in [-0.2, 0) is 0 Å². The Morgan fingerprint density at radius 2 is 1.67 bits per heavy atom. The molecule has 0 radical (unpaired) electrons. The summed E-state index contributed by atoms with van der Waals surface area (Å²) in [5, 5.41) is 9.38. The first-order valence-corrected chi connectivity index (χ1v) is 8.25. The van der Waals surface area contributed by atoms with E-state index in [1.165, 1.54) is 44.6 Å². The van der Waals surface area contributed by atoms with Crippen LogP contribution in [0.25, 0.3) is 0 Å². The Kier molecular flexibility index (Phi) is 9.07. The minimum absolute atomic E-state index is 0.280. The van der Waals surface area contributed by atoms with E-state index in [0.29, 0.717) is 12.2 Å². The molecule has 1 rings (SSSR count). The zero-order valence-corrected chi connectivity index (χ0v) is 13.4. The Morgan fingerprint density at radius 3 is 2.24 bits per heavy atom. The molecule has 0 aliphatic heterocycles. The van der Waals surface area contributed by atoms with Crippen molar-refractivity contribution in [1.29, 1.82) is 0 Å². The van der Waals surface area contributed by atoms with Gasteiger partial charge in [-0.1, -0.05) is 57.9 Å². The van der Waals surface area contributed by atoms with Crippen molar-refractivity contribution in [2.24, 2.45) is 0 Å². The van der Waals surface area contributed by atoms with E-state index in [-0.39, 0.29) is 5.75 Å². The lowest BCUT2D eigenvalue weighted by atomic mass is 10.1. The second kappa shape index (κ2) is 10.6. The zero-order chi connectivity index (χ0) is 15.5. The number of hydrogen-bond acceptors (Lipinski definition) is 2. The summed E-state index contributed by atoms with van der Waals surface area (Å²) < 4.78 is 19.2. The van der Waals surface area contributed by atoms with E-state index in [2.05, 4.69) is 6.92 Å². The van der Waals surface area contributed by atoms with Crippen molar-refractivity contribution < 1.29 is 14.2 Å². The van der Waals surface area contributed by atoms with Gasteiger partial charge in [-0.15, -0.1) is 0 Å². The van der Waals surface area contributed by atoms with Crippen LogP contribution in [0.3, 0.4) is 0 Å². The highest BCUT2D eigenvalue weighted by Gasteiger charge is 2.07. The highest BCUT2D eigenvalue weighted by Crippen LogP contribution is 2.22. The molecule has 2 nitrogen and oxygen atoms in total. The lowest BCUT2D eigenvalue weighted by molar-refractivity contribution is 0.198. The molecule has 0 amide bonds. The first-order valence-electron chi connectivity index (χ1n) is 8.25. The molecule has 0 bridgehead atoms. The molecule has 3 heteroatoms. The van der Waals surface area contributed by atoms with E-state index in [1.807, 2.05) is 0 Å². The smallest absolute Gasteiger partial charge is 0.165 e. The Bertz CT molecular complexity index is 391. The van der Waals surface area contributed by atoms with Gasteiger partial charge in [0.15, 0.2) is 11.6 Å². The fraction of sp³-hybridized carbons (Fsp3) is 0.667. The predicted octanol–water partition coefficient (Wildman–Crippen LogP) is 5.40. The molecule has 1 aromatic carbocycles. The lowest BCUT2D eigenvalue weighted by Gasteiger charge is -2.10. The van der Waals surface area contributed by atoms with Crippen LogP contribution in [-0.4, -0.2) is 11.7 Å². The van der Waals surface area contributed by atoms with Crippen molar-refractivity contribution in [3.8, 4) is 5.75 Å². The largest absolute Gasteiger partial charge is 0.491 e. The van der Waals surface area contributed by atoms with Crippen LogP contribution in [0.15, 0.2) is 18.2 Å². The first kappa shape index (κ1) is 18.0. The van der Waals surface area contributed by atoms with E-state index in [0.717, 1.165) is 12.8 Å². The van der Waals surface area contributed by atoms with E-state index in [9.17, 15) is 9.50 Å². The standard InChI is InChI=1S/C18H29FO2/c1-3-4-5-6-7-8-9-10-13-21-18-12-11-16(15(2)20)14-17(18)19/h11-12,14-15,20H,3-10,13H2,1-2H3/t15-/m0/s1. The average Bonchev–Trinajstić information content (AvgIpc) is 2.46. The molecule has 0 aliphatic rings. The summed E-state index contributed by atoms with van der Waals surface area (Å²) in [7, 11) is 0. The van der Waals surface area contributed by atoms with Crippen molar-refractivity contribution in [2.75, 3.05) is 6.61 Å². The van der Waals surface area contributed by atoms with Crippen molar-refractivity contribution in [1.82, 2.24) is 0 Å². The molecule has 1 atom stereocenters. The third-order valence-electron chi connectivity index (χ3n) is 3.69. The maximum Gasteiger partial charge on any atom is 0.165 e. The fourth-order valence-electron chi connectivity index (χ4n) is 2.31. The van der Waals surface area contributed by atoms with E-state index < -0.39 is 11.9 Å². The Hall–Kier alpha value is -1.09. The van der Waals surface area contributed by atoms with Crippen LogP contribution in [0.4, 0.5) is 4.39 Å². The third kappa shape index (κ3) is 7.47. The summed E-state index contributed by atoms with van der Waals surface area (Å²) in [6.45, 7) is 4.40. The molecule has 0 aliphatic carbocycles. The zero-order valence-electron chi connectivity index (χ0n) is 13.4. The minimum atomic E-state index is -0.652. The van der Waals surface area contributed by atoms with E-state index in [4.69, 9.17) is 4.74 Å². The lowest BCUT2D eigenvalue weighted by Crippen LogP contribution is -2.00. The van der Waals surface area contributed by atoms with Gasteiger partial charge in [0.05, 0.1) is 12.7 Å². The number of aliphatic hydroxyl groups excluding tert-OH is 1. The van der Waals surface area contributed by atoms with Crippen LogP contribution in [0.2, 0.25) is 0 Å². The summed E-state index contributed by atoms with van der Waals surface area (Å²) in [4.78, 5) is 0. The molecule has 0 spiro atoms. The van der Waals surface area contributed by atoms with Gasteiger partial charge in [-0.3, -0.25) is 0 Å². The number of benzene rings is 1. The van der Waals surface area contributed by atoms with Crippen LogP contribution in [0.5, 0.6) is 5.75 Å². The highest BCUT2D eigenvalue weighted by atomic mass is 19.1. The Labute approximate surface area is 128 Å². The summed E-state index contributed by atoms with van der Waals surface area (Å²) in [6, 6.07) is 4.65. The molecule has 1 aromatic rings. The maximum atomic E-state index is 13.7. The molecular weight excluding hydrogens is 267 g/mol. The van der Waals surface area contributed by atoms with Gasteiger partial charge in [0.25, 0.3) is 0 Å². The Balaban J connectivity index is 2.13. The predicted molar refractivity (Wildman–Crippen MR) is 85.1 cm³/mol. The van der Waals surface area contributed by atoms with Crippen LogP contribution >= 0.6 is 0 Å². The molecule has 120 valence electrons. The third-order valence-corrected chi connectivity index (χ3v) is 3.69. The van der Waals surface area contributed by atoms with Gasteiger partial charge < -0.3 is 9.84 Å². The number of aliphatic hydroxyl groups is 1. The summed E-state index contributed by atoms with van der Waals surface area (Å²) in [5.74, 6) is -0.115. The number of rotatable bonds is 11. The summed E-state index contributed by atoms with van der Waals surface area (Å²) in [5.41, 5.74) is 0.576. The highest BCUT2D eigenvalue weighted by molar-refractivity contribution is 5.30. The van der Waals surface area contributed by atoms with E-state index >= 15 is 0 Å². The van der Waals surface area contributed by atoms with Crippen LogP contribution in [0, 0.1) is 5.82 Å². The van der Waals surface area contributed by atoms with Crippen molar-refractivity contribution in [3.63, 3.8) is 0 Å². The quantitative estimate of drug-likeness (QED) is 0.554. The van der Waals surface area contributed by atoms with Gasteiger partial charge >= 0.3 is 0 Å². The van der Waals surface area contributed by atoms with Gasteiger partial charge in [-0.2, -0.15) is 0 Å². The number of ether oxygens (including phenoxy) is 1. The van der Waals surface area contributed by atoms with E-state index in [1.54, 1.807) is 19.1 Å². The second-order valence-corrected chi connectivity index (χ2v) is 5.69. The molecule has 21 heavy (non-hydrogen) atoms. The van der Waals surface area contributed by atoms with Gasteiger partial charge in [-0.05, 0) is 31.0 Å². The van der Waals surface area contributed by atoms with Crippen molar-refractivity contribution >= 4 is 0 Å². The molecule has 0 heterocycles.